The van der Waals surface area contributed by atoms with Crippen LogP contribution in [0.5, 0.6) is 0 Å². The molecule has 26 heavy (non-hydrogen) atoms. The minimum Gasteiger partial charge on any atom is -0.357 e. The minimum absolute atomic E-state index is 0. The minimum atomic E-state index is 0. The molecule has 1 aliphatic rings. The van der Waals surface area contributed by atoms with Crippen LogP contribution in [-0.2, 0) is 11.3 Å². The molecule has 1 saturated carbocycles. The molecule has 2 aromatic rings. The summed E-state index contributed by atoms with van der Waals surface area (Å²) in [5.41, 5.74) is 1.80. The van der Waals surface area contributed by atoms with Crippen molar-refractivity contribution in [2.45, 2.75) is 26.3 Å². The molecule has 0 aliphatic heterocycles. The third-order valence-corrected chi connectivity index (χ3v) is 4.34. The predicted octanol–water partition coefficient (Wildman–Crippen LogP) is 2.30. The van der Waals surface area contributed by atoms with E-state index in [4.69, 9.17) is 0 Å². The largest absolute Gasteiger partial charge is 0.357 e. The van der Waals surface area contributed by atoms with Crippen LogP contribution in [0.1, 0.15) is 25.5 Å². The fourth-order valence-electron chi connectivity index (χ4n) is 2.45. The van der Waals surface area contributed by atoms with Gasteiger partial charge in [-0.15, -0.1) is 24.0 Å². The van der Waals surface area contributed by atoms with Gasteiger partial charge in [-0.2, -0.15) is 0 Å². The molecule has 0 unspecified atom stereocenters. The summed E-state index contributed by atoms with van der Waals surface area (Å²) in [7, 11) is 0. The van der Waals surface area contributed by atoms with Gasteiger partial charge < -0.3 is 20.4 Å². The molecule has 3 rings (SSSR count). The van der Waals surface area contributed by atoms with E-state index in [0.29, 0.717) is 19.6 Å². The van der Waals surface area contributed by atoms with Crippen LogP contribution in [0.2, 0.25) is 0 Å². The van der Waals surface area contributed by atoms with Gasteiger partial charge in [0.05, 0.1) is 12.2 Å². The van der Waals surface area contributed by atoms with Gasteiger partial charge in [0, 0.05) is 42.4 Å². The molecule has 9 heteroatoms. The molecule has 0 aromatic carbocycles. The number of fused-ring (bicyclic) bond motifs is 1. The van der Waals surface area contributed by atoms with Crippen molar-refractivity contribution in [3.05, 3.63) is 34.7 Å². The van der Waals surface area contributed by atoms with Crippen LogP contribution in [0.3, 0.4) is 0 Å². The van der Waals surface area contributed by atoms with E-state index in [2.05, 4.69) is 41.9 Å². The number of rotatable bonds is 7. The van der Waals surface area contributed by atoms with Gasteiger partial charge in [0.15, 0.2) is 5.96 Å². The third kappa shape index (κ3) is 6.11. The summed E-state index contributed by atoms with van der Waals surface area (Å²) < 4.78 is 2.98. The summed E-state index contributed by atoms with van der Waals surface area (Å²) in [6, 6.07) is 3.93. The topological polar surface area (TPSA) is 82.8 Å². The van der Waals surface area contributed by atoms with E-state index in [9.17, 15) is 4.79 Å². The van der Waals surface area contributed by atoms with Crippen LogP contribution < -0.4 is 16.0 Å². The number of guanidine groups is 1. The van der Waals surface area contributed by atoms with E-state index in [1.54, 1.807) is 0 Å². The third-order valence-electron chi connectivity index (χ3n) is 3.87. The first-order valence-electron chi connectivity index (χ1n) is 8.58. The molecule has 1 fully saturated rings. The van der Waals surface area contributed by atoms with Gasteiger partial charge in [-0.3, -0.25) is 4.79 Å². The first kappa shape index (κ1) is 20.9. The monoisotopic (exact) mass is 534 g/mol. The molecule has 142 valence electrons. The fourth-order valence-corrected chi connectivity index (χ4v) is 2.80. The van der Waals surface area contributed by atoms with Gasteiger partial charge in [-0.1, -0.05) is 0 Å². The maximum atomic E-state index is 11.6. The van der Waals surface area contributed by atoms with Crippen molar-refractivity contribution in [3.63, 3.8) is 0 Å². The first-order valence-corrected chi connectivity index (χ1v) is 9.38. The van der Waals surface area contributed by atoms with Crippen molar-refractivity contribution >= 4 is 57.4 Å². The molecule has 2 aromatic heterocycles. The average molecular weight is 535 g/mol. The molecule has 0 spiro atoms. The quantitative estimate of drug-likeness (QED) is 0.220. The Bertz CT molecular complexity index is 774. The maximum absolute atomic E-state index is 11.6. The zero-order valence-corrected chi connectivity index (χ0v) is 18.6. The highest BCUT2D eigenvalue weighted by molar-refractivity contribution is 14.0. The molecule has 0 atom stereocenters. The molecule has 0 bridgehead atoms. The number of hydrogen-bond acceptors (Lipinski definition) is 3. The second kappa shape index (κ2) is 10.1. The summed E-state index contributed by atoms with van der Waals surface area (Å²) in [4.78, 5) is 20.7. The van der Waals surface area contributed by atoms with E-state index in [-0.39, 0.29) is 35.8 Å². The Hall–Kier alpha value is -1.36. The zero-order chi connectivity index (χ0) is 17.6. The van der Waals surface area contributed by atoms with E-state index in [1.807, 2.05) is 35.9 Å². The smallest absolute Gasteiger partial charge is 0.223 e. The van der Waals surface area contributed by atoms with E-state index in [0.717, 1.165) is 41.2 Å². The van der Waals surface area contributed by atoms with Crippen molar-refractivity contribution < 1.29 is 4.79 Å². The van der Waals surface area contributed by atoms with Gasteiger partial charge >= 0.3 is 0 Å². The van der Waals surface area contributed by atoms with Crippen molar-refractivity contribution in [3.8, 4) is 0 Å². The van der Waals surface area contributed by atoms with Crippen LogP contribution in [0.4, 0.5) is 0 Å². The summed E-state index contributed by atoms with van der Waals surface area (Å²) in [6.07, 6.45) is 6.00. The molecule has 3 N–H and O–H groups in total. The Morgan fingerprint density at radius 3 is 2.77 bits per heavy atom. The van der Waals surface area contributed by atoms with Crippen LogP contribution >= 0.6 is 39.9 Å². The van der Waals surface area contributed by atoms with Gasteiger partial charge in [-0.05, 0) is 47.8 Å². The fraction of sp³-hybridized carbons (Fsp3) is 0.471. The number of nitrogens with one attached hydrogen (secondary N) is 3. The number of carbonyl (C=O) groups excluding carboxylic acids is 1. The molecule has 0 saturated heterocycles. The molecule has 1 amide bonds. The van der Waals surface area contributed by atoms with E-state index in [1.165, 1.54) is 0 Å². The first-order chi connectivity index (χ1) is 12.2. The highest BCUT2D eigenvalue weighted by Crippen LogP contribution is 2.28. The highest BCUT2D eigenvalue weighted by Gasteiger charge is 2.28. The van der Waals surface area contributed by atoms with Crippen molar-refractivity contribution in [1.29, 1.82) is 0 Å². The van der Waals surface area contributed by atoms with Crippen molar-refractivity contribution in [2.24, 2.45) is 10.9 Å². The lowest BCUT2D eigenvalue weighted by Gasteiger charge is -2.11. The van der Waals surface area contributed by atoms with E-state index >= 15 is 0 Å². The van der Waals surface area contributed by atoms with Gasteiger partial charge in [-0.25, -0.2) is 9.98 Å². The number of amides is 1. The summed E-state index contributed by atoms with van der Waals surface area (Å²) in [5.74, 6) is 1.14. The predicted molar refractivity (Wildman–Crippen MR) is 117 cm³/mol. The maximum Gasteiger partial charge on any atom is 0.223 e. The van der Waals surface area contributed by atoms with Crippen molar-refractivity contribution in [1.82, 2.24) is 25.3 Å². The van der Waals surface area contributed by atoms with E-state index < -0.39 is 0 Å². The second-order valence-corrected chi connectivity index (χ2v) is 6.95. The van der Waals surface area contributed by atoms with Crippen LogP contribution in [-0.4, -0.2) is 40.9 Å². The zero-order valence-electron chi connectivity index (χ0n) is 14.7. The molecular weight excluding hydrogens is 511 g/mol. The van der Waals surface area contributed by atoms with Crippen LogP contribution in [0.25, 0.3) is 5.65 Å². The Kier molecular flexibility index (Phi) is 8.14. The molecule has 0 radical (unpaired) electrons. The summed E-state index contributed by atoms with van der Waals surface area (Å²) in [6.45, 7) is 4.53. The number of carbonyl (C=O) groups is 1. The lowest BCUT2D eigenvalue weighted by Crippen LogP contribution is -2.41. The lowest BCUT2D eigenvalue weighted by molar-refractivity contribution is -0.122. The summed E-state index contributed by atoms with van der Waals surface area (Å²) in [5, 5.41) is 9.37. The Morgan fingerprint density at radius 1 is 1.27 bits per heavy atom. The average Bonchev–Trinajstić information content (AvgIpc) is 3.37. The number of hydrogen-bond donors (Lipinski definition) is 3. The van der Waals surface area contributed by atoms with Crippen molar-refractivity contribution in [2.75, 3.05) is 19.6 Å². The SMILES string of the molecule is CCNC(=NCc1cn2cc(Br)ccc2n1)NCCNC(=O)C1CC1.I. The standard InChI is InChI=1S/C17H23BrN6O.HI/c1-2-19-17(21-8-7-20-16(25)12-3-4-12)22-9-14-11-24-10-13(18)5-6-15(24)23-14;/h5-6,10-12H,2-4,7-9H2,1H3,(H,20,25)(H2,19,21,22);1H. The number of pyridine rings is 1. The van der Waals surface area contributed by atoms with Crippen LogP contribution in [0, 0.1) is 5.92 Å². The number of halogens is 2. The number of nitrogens with zero attached hydrogens (tertiary/aromatic N) is 3. The number of imidazole rings is 1. The second-order valence-electron chi connectivity index (χ2n) is 6.03. The van der Waals surface area contributed by atoms with Gasteiger partial charge in [0.1, 0.15) is 5.65 Å². The Balaban J connectivity index is 0.00000243. The molecule has 2 heterocycles. The summed E-state index contributed by atoms with van der Waals surface area (Å²) >= 11 is 3.46. The highest BCUT2D eigenvalue weighted by atomic mass is 127. The van der Waals surface area contributed by atoms with Gasteiger partial charge in [0.25, 0.3) is 0 Å². The van der Waals surface area contributed by atoms with Crippen LogP contribution in [0.15, 0.2) is 34.0 Å². The molecule has 7 nitrogen and oxygen atoms in total. The number of aromatic nitrogens is 2. The normalized spacial score (nSPS) is 14.0. The number of aliphatic imine (C=N–C) groups is 1. The molecular formula is C17H24BrIN6O. The Labute approximate surface area is 178 Å². The molecule has 1 aliphatic carbocycles. The Morgan fingerprint density at radius 2 is 2.04 bits per heavy atom. The lowest BCUT2D eigenvalue weighted by atomic mass is 10.4. The van der Waals surface area contributed by atoms with Gasteiger partial charge in [0.2, 0.25) is 5.91 Å².